The largest absolute Gasteiger partial charge is 0.495 e. The molecule has 1 N–H and O–H groups in total. The summed E-state index contributed by atoms with van der Waals surface area (Å²) in [6, 6.07) is 3.39. The molecule has 0 saturated carbocycles. The second kappa shape index (κ2) is 7.91. The van der Waals surface area contributed by atoms with Crippen LogP contribution in [-0.2, 0) is 10.0 Å². The van der Waals surface area contributed by atoms with E-state index >= 15 is 0 Å². The van der Waals surface area contributed by atoms with Crippen molar-refractivity contribution < 1.29 is 18.1 Å². The van der Waals surface area contributed by atoms with Crippen molar-refractivity contribution >= 4 is 15.7 Å². The predicted octanol–water partition coefficient (Wildman–Crippen LogP) is 1.76. The molecule has 1 heterocycles. The average molecular weight is 357 g/mol. The number of nitrogens with zero attached hydrogens (tertiary/aromatic N) is 2. The molecule has 8 nitrogen and oxygen atoms in total. The number of methoxy groups -OCH3 is 1. The van der Waals surface area contributed by atoms with Gasteiger partial charge in [0, 0.05) is 18.2 Å². The van der Waals surface area contributed by atoms with Gasteiger partial charge in [-0.1, -0.05) is 6.92 Å². The number of nitro groups is 1. The highest BCUT2D eigenvalue weighted by Gasteiger charge is 2.28. The van der Waals surface area contributed by atoms with Gasteiger partial charge in [0.05, 0.1) is 12.0 Å². The highest BCUT2D eigenvalue weighted by molar-refractivity contribution is 7.89. The van der Waals surface area contributed by atoms with Crippen molar-refractivity contribution in [2.45, 2.75) is 37.1 Å². The predicted molar refractivity (Wildman–Crippen MR) is 89.7 cm³/mol. The zero-order valence-electron chi connectivity index (χ0n) is 13.9. The Bertz CT molecular complexity index is 684. The summed E-state index contributed by atoms with van der Waals surface area (Å²) < 4.78 is 33.0. The number of hydrogen-bond acceptors (Lipinski definition) is 6. The van der Waals surface area contributed by atoms with Crippen molar-refractivity contribution in [3.63, 3.8) is 0 Å². The Hall–Kier alpha value is -1.71. The molecule has 0 bridgehead atoms. The van der Waals surface area contributed by atoms with Gasteiger partial charge in [-0.15, -0.1) is 0 Å². The second-order valence-electron chi connectivity index (χ2n) is 5.83. The first kappa shape index (κ1) is 18.6. The van der Waals surface area contributed by atoms with Gasteiger partial charge < -0.3 is 9.64 Å². The van der Waals surface area contributed by atoms with Crippen LogP contribution in [0.2, 0.25) is 0 Å². The highest BCUT2D eigenvalue weighted by Crippen LogP contribution is 2.28. The zero-order chi connectivity index (χ0) is 17.7. The van der Waals surface area contributed by atoms with E-state index in [1.165, 1.54) is 19.2 Å². The molecule has 1 fully saturated rings. The molecular formula is C15H23N3O5S. The van der Waals surface area contributed by atoms with Crippen molar-refractivity contribution in [1.29, 1.82) is 0 Å². The molecule has 9 heteroatoms. The Morgan fingerprint density at radius 1 is 1.38 bits per heavy atom. The van der Waals surface area contributed by atoms with Crippen molar-refractivity contribution in [2.24, 2.45) is 0 Å². The first-order valence-corrected chi connectivity index (χ1v) is 9.42. The fourth-order valence-electron chi connectivity index (χ4n) is 2.86. The molecule has 0 atom stereocenters. The van der Waals surface area contributed by atoms with E-state index in [4.69, 9.17) is 4.74 Å². The summed E-state index contributed by atoms with van der Waals surface area (Å²) >= 11 is 0. The number of non-ortho nitro benzene ring substituents is 1. The third kappa shape index (κ3) is 4.43. The number of piperidine rings is 1. The number of rotatable bonds is 7. The van der Waals surface area contributed by atoms with E-state index < -0.39 is 14.9 Å². The van der Waals surface area contributed by atoms with E-state index in [9.17, 15) is 18.5 Å². The number of benzene rings is 1. The molecular weight excluding hydrogens is 334 g/mol. The number of ether oxygens (including phenoxy) is 1. The highest BCUT2D eigenvalue weighted by atomic mass is 32.2. The molecule has 0 radical (unpaired) electrons. The van der Waals surface area contributed by atoms with Crippen molar-refractivity contribution in [3.05, 3.63) is 28.3 Å². The number of nitro benzene ring substituents is 1. The van der Waals surface area contributed by atoms with Crippen LogP contribution >= 0.6 is 0 Å². The van der Waals surface area contributed by atoms with E-state index in [0.29, 0.717) is 0 Å². The van der Waals surface area contributed by atoms with Gasteiger partial charge in [-0.25, -0.2) is 13.1 Å². The summed E-state index contributed by atoms with van der Waals surface area (Å²) in [5, 5.41) is 10.9. The minimum absolute atomic E-state index is 0.0940. The van der Waals surface area contributed by atoms with Crippen LogP contribution in [0, 0.1) is 10.1 Å². The maximum Gasteiger partial charge on any atom is 0.271 e. The molecule has 0 aromatic heterocycles. The SMILES string of the molecule is CCCN1CCC(NS(=O)(=O)c2cc([N+](=O)[O-])ccc2OC)CC1. The Morgan fingerprint density at radius 3 is 2.58 bits per heavy atom. The van der Waals surface area contributed by atoms with Gasteiger partial charge in [-0.05, 0) is 45.0 Å². The summed E-state index contributed by atoms with van der Waals surface area (Å²) in [4.78, 5) is 12.4. The van der Waals surface area contributed by atoms with Crippen LogP contribution in [-0.4, -0.2) is 51.0 Å². The van der Waals surface area contributed by atoms with E-state index in [0.717, 1.165) is 45.0 Å². The average Bonchev–Trinajstić information content (AvgIpc) is 2.56. The van der Waals surface area contributed by atoms with Gasteiger partial charge >= 0.3 is 0 Å². The van der Waals surface area contributed by atoms with E-state index in [-0.39, 0.29) is 22.4 Å². The van der Waals surface area contributed by atoms with E-state index in [2.05, 4.69) is 16.5 Å². The Kier molecular flexibility index (Phi) is 6.14. The minimum atomic E-state index is -3.89. The first-order valence-electron chi connectivity index (χ1n) is 7.94. The lowest BCUT2D eigenvalue weighted by atomic mass is 10.1. The summed E-state index contributed by atoms with van der Waals surface area (Å²) in [5.74, 6) is 0.0940. The Balaban J connectivity index is 2.16. The molecule has 0 aliphatic carbocycles. The Labute approximate surface area is 142 Å². The summed E-state index contributed by atoms with van der Waals surface area (Å²) in [6.45, 7) is 4.81. The van der Waals surface area contributed by atoms with Gasteiger partial charge in [-0.2, -0.15) is 0 Å². The third-order valence-corrected chi connectivity index (χ3v) is 5.64. The standard InChI is InChI=1S/C15H23N3O5S/c1-3-8-17-9-6-12(7-10-17)16-24(21,22)15-11-13(18(19)20)4-5-14(15)23-2/h4-5,11-12,16H,3,6-10H2,1-2H3. The molecule has 24 heavy (non-hydrogen) atoms. The molecule has 1 saturated heterocycles. The van der Waals surface area contributed by atoms with Gasteiger partial charge in [0.15, 0.2) is 0 Å². The van der Waals surface area contributed by atoms with Crippen LogP contribution in [0.25, 0.3) is 0 Å². The van der Waals surface area contributed by atoms with Crippen LogP contribution < -0.4 is 9.46 Å². The minimum Gasteiger partial charge on any atom is -0.495 e. The van der Waals surface area contributed by atoms with Crippen LogP contribution in [0.1, 0.15) is 26.2 Å². The first-order chi connectivity index (χ1) is 11.4. The quantitative estimate of drug-likeness (QED) is 0.589. The maximum atomic E-state index is 12.6. The van der Waals surface area contributed by atoms with Crippen molar-refractivity contribution in [1.82, 2.24) is 9.62 Å². The topological polar surface area (TPSA) is 102 Å². The molecule has 0 amide bonds. The lowest BCUT2D eigenvalue weighted by molar-refractivity contribution is -0.385. The Morgan fingerprint density at radius 2 is 2.04 bits per heavy atom. The van der Waals surface area contributed by atoms with Crippen LogP contribution in [0.15, 0.2) is 23.1 Å². The smallest absolute Gasteiger partial charge is 0.271 e. The van der Waals surface area contributed by atoms with Crippen LogP contribution in [0.5, 0.6) is 5.75 Å². The molecule has 1 aliphatic heterocycles. The van der Waals surface area contributed by atoms with E-state index in [1.54, 1.807) is 0 Å². The lowest BCUT2D eigenvalue weighted by Gasteiger charge is -2.31. The van der Waals surface area contributed by atoms with Gasteiger partial charge in [0.25, 0.3) is 5.69 Å². The lowest BCUT2D eigenvalue weighted by Crippen LogP contribution is -2.44. The number of sulfonamides is 1. The summed E-state index contributed by atoms with van der Waals surface area (Å²) in [7, 11) is -2.55. The second-order valence-corrected chi connectivity index (χ2v) is 7.51. The van der Waals surface area contributed by atoms with Crippen molar-refractivity contribution in [2.75, 3.05) is 26.7 Å². The van der Waals surface area contributed by atoms with Crippen molar-refractivity contribution in [3.8, 4) is 5.75 Å². The molecule has 1 aliphatic rings. The number of hydrogen-bond donors (Lipinski definition) is 1. The van der Waals surface area contributed by atoms with E-state index in [1.807, 2.05) is 0 Å². The van der Waals surface area contributed by atoms with Gasteiger partial charge in [-0.3, -0.25) is 10.1 Å². The third-order valence-electron chi connectivity index (χ3n) is 4.10. The maximum absolute atomic E-state index is 12.6. The molecule has 0 unspecified atom stereocenters. The summed E-state index contributed by atoms with van der Waals surface area (Å²) in [5.41, 5.74) is -0.283. The van der Waals surface area contributed by atoms with Gasteiger partial charge in [0.2, 0.25) is 10.0 Å². The molecule has 2 rings (SSSR count). The summed E-state index contributed by atoms with van der Waals surface area (Å²) in [6.07, 6.45) is 2.51. The number of nitrogens with one attached hydrogen (secondary N) is 1. The van der Waals surface area contributed by atoms with Crippen LogP contribution in [0.3, 0.4) is 0 Å². The molecule has 1 aromatic rings. The zero-order valence-corrected chi connectivity index (χ0v) is 14.7. The fourth-order valence-corrected chi connectivity index (χ4v) is 4.36. The number of likely N-dealkylation sites (tertiary alicyclic amines) is 1. The van der Waals surface area contributed by atoms with Gasteiger partial charge in [0.1, 0.15) is 10.6 Å². The fraction of sp³-hybridized carbons (Fsp3) is 0.600. The molecule has 134 valence electrons. The normalized spacial score (nSPS) is 16.9. The van der Waals surface area contributed by atoms with Crippen LogP contribution in [0.4, 0.5) is 5.69 Å². The molecule has 0 spiro atoms. The molecule has 1 aromatic carbocycles. The monoisotopic (exact) mass is 357 g/mol.